The quantitative estimate of drug-likeness (QED) is 0.293. The zero-order valence-corrected chi connectivity index (χ0v) is 11.0. The molecule has 0 fully saturated rings. The second-order valence-electron chi connectivity index (χ2n) is 3.15. The molecule has 0 aromatic carbocycles. The third kappa shape index (κ3) is 13.9. The summed E-state index contributed by atoms with van der Waals surface area (Å²) in [5.74, 6) is 0. The van der Waals surface area contributed by atoms with Crippen LogP contribution in [0.5, 0.6) is 0 Å². The Labute approximate surface area is 109 Å². The van der Waals surface area contributed by atoms with Gasteiger partial charge in [-0.2, -0.15) is 0 Å². The van der Waals surface area contributed by atoms with Crippen LogP contribution in [0.25, 0.3) is 0 Å². The average molecular weight is 273 g/mol. The monoisotopic (exact) mass is 272 g/mol. The lowest BCUT2D eigenvalue weighted by Crippen LogP contribution is -2.33. The van der Waals surface area contributed by atoms with Gasteiger partial charge >= 0.3 is 0 Å². The van der Waals surface area contributed by atoms with Crippen LogP contribution in [0.2, 0.25) is 0 Å². The summed E-state index contributed by atoms with van der Waals surface area (Å²) >= 11 is 0. The summed E-state index contributed by atoms with van der Waals surface area (Å²) in [5, 5.41) is 0. The Morgan fingerprint density at radius 1 is 0.647 bits per heavy atom. The number of hydrogen-bond donors (Lipinski definition) is 3. The van der Waals surface area contributed by atoms with Gasteiger partial charge in [-0.15, -0.1) is 12.4 Å². The summed E-state index contributed by atoms with van der Waals surface area (Å²) in [5.41, 5.74) is 16.0. The largest absolute Gasteiger partial charge is 0.365 e. The van der Waals surface area contributed by atoms with Gasteiger partial charge in [-0.1, -0.05) is 0 Å². The Morgan fingerprint density at radius 2 is 0.941 bits per heavy atom. The van der Waals surface area contributed by atoms with E-state index >= 15 is 0 Å². The van der Waals surface area contributed by atoms with Crippen molar-refractivity contribution in [3.63, 3.8) is 0 Å². The zero-order valence-electron chi connectivity index (χ0n) is 10.2. The third-order valence-electron chi connectivity index (χ3n) is 1.61. The zero-order chi connectivity index (χ0) is 12.1. The van der Waals surface area contributed by atoms with Crippen LogP contribution in [0.15, 0.2) is 0 Å². The number of nitrogens with zero attached hydrogens (tertiary/aromatic N) is 1. The predicted molar refractivity (Wildman–Crippen MR) is 68.7 cm³/mol. The molecule has 8 heteroatoms. The van der Waals surface area contributed by atoms with Gasteiger partial charge in [0.15, 0.2) is 0 Å². The summed E-state index contributed by atoms with van der Waals surface area (Å²) in [4.78, 5) is 1.86. The Hall–Kier alpha value is 0.01000. The maximum absolute atomic E-state index is 5.32. The number of rotatable bonds is 12. The van der Waals surface area contributed by atoms with Gasteiger partial charge < -0.3 is 31.4 Å². The summed E-state index contributed by atoms with van der Waals surface area (Å²) < 4.78 is 15.9. The fourth-order valence-electron chi connectivity index (χ4n) is 0.943. The predicted octanol–water partition coefficient (Wildman–Crippen LogP) is -1.49. The standard InChI is InChI=1S/C9H24N4O3.ClH/c10-1-4-14-7-13(8-15-5-2-11)9-16-6-3-12;/h1-12H2;1H. The fourth-order valence-corrected chi connectivity index (χ4v) is 0.943. The normalized spacial score (nSPS) is 10.6. The molecule has 106 valence electrons. The van der Waals surface area contributed by atoms with Crippen LogP contribution in [0.1, 0.15) is 0 Å². The van der Waals surface area contributed by atoms with E-state index in [0.717, 1.165) is 0 Å². The van der Waals surface area contributed by atoms with E-state index in [1.165, 1.54) is 0 Å². The van der Waals surface area contributed by atoms with Crippen LogP contribution in [0.4, 0.5) is 0 Å². The third-order valence-corrected chi connectivity index (χ3v) is 1.61. The molecule has 0 bridgehead atoms. The molecular weight excluding hydrogens is 248 g/mol. The van der Waals surface area contributed by atoms with Crippen molar-refractivity contribution in [3.05, 3.63) is 0 Å². The van der Waals surface area contributed by atoms with E-state index in [1.54, 1.807) is 0 Å². The first-order chi connectivity index (χ1) is 7.85. The lowest BCUT2D eigenvalue weighted by atomic mass is 10.7. The van der Waals surface area contributed by atoms with E-state index < -0.39 is 0 Å². The molecule has 0 aromatic rings. The fraction of sp³-hybridized carbons (Fsp3) is 1.00. The molecule has 0 aliphatic carbocycles. The number of ether oxygens (including phenoxy) is 3. The average Bonchev–Trinajstić information content (AvgIpc) is 2.29. The molecule has 0 saturated carbocycles. The van der Waals surface area contributed by atoms with Gasteiger partial charge in [0.05, 0.1) is 19.8 Å². The SMILES string of the molecule is Cl.NCCOCN(COCCN)COCCN. The molecule has 0 radical (unpaired) electrons. The van der Waals surface area contributed by atoms with Crippen molar-refractivity contribution < 1.29 is 14.2 Å². The Morgan fingerprint density at radius 3 is 1.18 bits per heavy atom. The summed E-state index contributed by atoms with van der Waals surface area (Å²) in [6.45, 7) is 4.33. The van der Waals surface area contributed by atoms with E-state index in [4.69, 9.17) is 31.4 Å². The van der Waals surface area contributed by atoms with Gasteiger partial charge in [-0.3, -0.25) is 0 Å². The molecule has 0 rings (SSSR count). The van der Waals surface area contributed by atoms with Crippen LogP contribution in [-0.4, -0.2) is 64.5 Å². The molecule has 0 aromatic heterocycles. The molecule has 0 spiro atoms. The minimum Gasteiger partial charge on any atom is -0.365 e. The molecule has 0 aliphatic rings. The van der Waals surface area contributed by atoms with Crippen molar-refractivity contribution in [1.29, 1.82) is 0 Å². The topological polar surface area (TPSA) is 109 Å². The molecule has 0 aliphatic heterocycles. The van der Waals surface area contributed by atoms with Crippen LogP contribution < -0.4 is 17.2 Å². The van der Waals surface area contributed by atoms with Gasteiger partial charge in [-0.25, -0.2) is 4.90 Å². The highest BCUT2D eigenvalue weighted by atomic mass is 35.5. The molecule has 0 heterocycles. The summed E-state index contributed by atoms with van der Waals surface area (Å²) in [7, 11) is 0. The number of nitrogens with two attached hydrogens (primary N) is 3. The van der Waals surface area contributed by atoms with Gasteiger partial charge in [0.1, 0.15) is 20.2 Å². The Kier molecular flexibility index (Phi) is 18.2. The highest BCUT2D eigenvalue weighted by molar-refractivity contribution is 5.85. The first-order valence-corrected chi connectivity index (χ1v) is 5.41. The molecule has 0 saturated heterocycles. The number of halogens is 1. The van der Waals surface area contributed by atoms with Gasteiger partial charge in [0.2, 0.25) is 0 Å². The highest BCUT2D eigenvalue weighted by Crippen LogP contribution is 1.91. The van der Waals surface area contributed by atoms with Crippen molar-refractivity contribution in [3.8, 4) is 0 Å². The smallest absolute Gasteiger partial charge is 0.103 e. The van der Waals surface area contributed by atoms with Crippen LogP contribution in [-0.2, 0) is 14.2 Å². The first-order valence-electron chi connectivity index (χ1n) is 5.41. The molecule has 0 amide bonds. The maximum Gasteiger partial charge on any atom is 0.103 e. The molecular formula is C9H25ClN4O3. The molecule has 0 atom stereocenters. The van der Waals surface area contributed by atoms with Crippen molar-refractivity contribution in [1.82, 2.24) is 4.90 Å². The molecule has 17 heavy (non-hydrogen) atoms. The van der Waals surface area contributed by atoms with E-state index in [9.17, 15) is 0 Å². The van der Waals surface area contributed by atoms with Crippen LogP contribution >= 0.6 is 12.4 Å². The van der Waals surface area contributed by atoms with Crippen LogP contribution in [0.3, 0.4) is 0 Å². The Balaban J connectivity index is 0. The van der Waals surface area contributed by atoms with E-state index in [-0.39, 0.29) is 12.4 Å². The maximum atomic E-state index is 5.32. The van der Waals surface area contributed by atoms with E-state index in [2.05, 4.69) is 0 Å². The van der Waals surface area contributed by atoms with E-state index in [0.29, 0.717) is 59.6 Å². The van der Waals surface area contributed by atoms with Crippen molar-refractivity contribution in [2.24, 2.45) is 17.2 Å². The van der Waals surface area contributed by atoms with Crippen molar-refractivity contribution in [2.45, 2.75) is 0 Å². The minimum absolute atomic E-state index is 0. The first kappa shape index (κ1) is 19.4. The lowest BCUT2D eigenvalue weighted by Gasteiger charge is -2.21. The number of hydrogen-bond acceptors (Lipinski definition) is 7. The molecule has 7 nitrogen and oxygen atoms in total. The highest BCUT2D eigenvalue weighted by Gasteiger charge is 2.04. The minimum atomic E-state index is 0. The van der Waals surface area contributed by atoms with Gasteiger partial charge in [-0.05, 0) is 0 Å². The van der Waals surface area contributed by atoms with Crippen molar-refractivity contribution >= 4 is 12.4 Å². The van der Waals surface area contributed by atoms with Gasteiger partial charge in [0.25, 0.3) is 0 Å². The summed E-state index contributed by atoms with van der Waals surface area (Å²) in [6, 6.07) is 0. The second-order valence-corrected chi connectivity index (χ2v) is 3.15. The second kappa shape index (κ2) is 16.0. The molecule has 6 N–H and O–H groups in total. The van der Waals surface area contributed by atoms with Gasteiger partial charge in [0, 0.05) is 19.6 Å². The summed E-state index contributed by atoms with van der Waals surface area (Å²) in [6.07, 6.45) is 0. The Bertz CT molecular complexity index is 122. The lowest BCUT2D eigenvalue weighted by molar-refractivity contribution is -0.0947. The van der Waals surface area contributed by atoms with Crippen LogP contribution in [0, 0.1) is 0 Å². The van der Waals surface area contributed by atoms with E-state index in [1.807, 2.05) is 4.90 Å². The van der Waals surface area contributed by atoms with Crippen molar-refractivity contribution in [2.75, 3.05) is 59.6 Å². The molecule has 0 unspecified atom stereocenters.